The molecule has 0 unspecified atom stereocenters. The molecule has 0 spiro atoms. The molecule has 0 fully saturated rings. The van der Waals surface area contributed by atoms with Gasteiger partial charge in [0.15, 0.2) is 0 Å². The highest BCUT2D eigenvalue weighted by atomic mass is 32.2. The van der Waals surface area contributed by atoms with Crippen LogP contribution in [0.1, 0.15) is 31.8 Å². The number of aliphatic hydroxyl groups is 4. The van der Waals surface area contributed by atoms with Crippen LogP contribution < -0.4 is 31.1 Å². The SMILES string of the molecule is O=Cc1ccc(Nc2nc(Nc3ccc(/C=C/c4ccc(Nc5nc(Nc6ccc(C(=O)O)cc6)nc(N(CCO)CCO)n5)cc4S(=O)(=O)O)c(S(=O)(=O)O)c3)nc(N(CCO)CCO)n2)cc1. The quantitative estimate of drug-likeness (QED) is 0.0236. The summed E-state index contributed by atoms with van der Waals surface area (Å²) in [5.41, 5.74) is 1.15. The van der Waals surface area contributed by atoms with Gasteiger partial charge in [-0.1, -0.05) is 24.3 Å². The molecule has 0 amide bonds. The smallest absolute Gasteiger partial charge is 0.335 e. The fourth-order valence-electron chi connectivity index (χ4n) is 6.33. The average molecular weight is 989 g/mol. The van der Waals surface area contributed by atoms with E-state index in [1.165, 1.54) is 70.5 Å². The highest BCUT2D eigenvalue weighted by Gasteiger charge is 2.21. The van der Waals surface area contributed by atoms with Crippen LogP contribution >= 0.6 is 0 Å². The number of carbonyl (C=O) groups excluding carboxylic acids is 1. The van der Waals surface area contributed by atoms with Gasteiger partial charge in [-0.3, -0.25) is 13.9 Å². The molecule has 0 saturated carbocycles. The van der Waals surface area contributed by atoms with Crippen molar-refractivity contribution in [1.29, 1.82) is 0 Å². The van der Waals surface area contributed by atoms with E-state index in [1.54, 1.807) is 24.3 Å². The van der Waals surface area contributed by atoms with E-state index in [0.29, 0.717) is 23.2 Å². The van der Waals surface area contributed by atoms with E-state index in [2.05, 4.69) is 51.2 Å². The zero-order valence-corrected chi connectivity index (χ0v) is 37.6. The molecule has 6 rings (SSSR count). The molecule has 11 N–H and O–H groups in total. The summed E-state index contributed by atoms with van der Waals surface area (Å²) < 4.78 is 71.7. The van der Waals surface area contributed by atoms with Crippen LogP contribution in [-0.4, -0.2) is 146 Å². The minimum absolute atomic E-state index is 0.000267. The first-order valence-corrected chi connectivity index (χ1v) is 23.2. The summed E-state index contributed by atoms with van der Waals surface area (Å²) in [5, 5.41) is 59.5. The molecule has 27 heteroatoms. The van der Waals surface area contributed by atoms with Crippen LogP contribution in [0.15, 0.2) is 94.7 Å². The Kier molecular flexibility index (Phi) is 16.8. The Bertz CT molecular complexity index is 3030. The van der Waals surface area contributed by atoms with Gasteiger partial charge in [0.2, 0.25) is 35.7 Å². The average Bonchev–Trinajstić information content (AvgIpc) is 3.31. The van der Waals surface area contributed by atoms with Gasteiger partial charge in [-0.2, -0.15) is 46.7 Å². The fraction of sp³-hybridized carbons (Fsp3) is 0.190. The second-order valence-corrected chi connectivity index (χ2v) is 17.1. The highest BCUT2D eigenvalue weighted by molar-refractivity contribution is 7.86. The number of carbonyl (C=O) groups is 2. The molecular formula is C42H44N12O13S2. The molecule has 25 nitrogen and oxygen atoms in total. The van der Waals surface area contributed by atoms with E-state index in [0.717, 1.165) is 12.1 Å². The fourth-order valence-corrected chi connectivity index (χ4v) is 7.75. The first kappa shape index (κ1) is 50.6. The van der Waals surface area contributed by atoms with E-state index in [9.17, 15) is 61.1 Å². The Labute approximate surface area is 393 Å². The van der Waals surface area contributed by atoms with Gasteiger partial charge in [0.1, 0.15) is 16.1 Å². The minimum Gasteiger partial charge on any atom is -0.478 e. The maximum atomic E-state index is 12.8. The van der Waals surface area contributed by atoms with Crippen molar-refractivity contribution in [3.8, 4) is 0 Å². The van der Waals surface area contributed by atoms with Gasteiger partial charge in [-0.15, -0.1) is 0 Å². The third-order valence-corrected chi connectivity index (χ3v) is 11.3. The minimum atomic E-state index is -4.98. The largest absolute Gasteiger partial charge is 0.478 e. The van der Waals surface area contributed by atoms with Gasteiger partial charge in [0.05, 0.1) is 32.0 Å². The number of carboxylic acids is 1. The van der Waals surface area contributed by atoms with E-state index < -0.39 is 36.0 Å². The van der Waals surface area contributed by atoms with Crippen LogP contribution in [0.25, 0.3) is 12.2 Å². The number of hydrogen-bond donors (Lipinski definition) is 11. The predicted octanol–water partition coefficient (Wildman–Crippen LogP) is 2.79. The molecule has 69 heavy (non-hydrogen) atoms. The summed E-state index contributed by atoms with van der Waals surface area (Å²) in [6.07, 6.45) is 3.03. The molecular weight excluding hydrogens is 945 g/mol. The number of anilines is 10. The summed E-state index contributed by atoms with van der Waals surface area (Å²) in [7, 11) is -9.95. The van der Waals surface area contributed by atoms with Gasteiger partial charge in [0.25, 0.3) is 20.2 Å². The molecule has 2 aromatic heterocycles. The van der Waals surface area contributed by atoms with Crippen molar-refractivity contribution < 1.29 is 61.1 Å². The molecule has 6 aromatic rings. The lowest BCUT2D eigenvalue weighted by Crippen LogP contribution is -2.31. The first-order valence-electron chi connectivity index (χ1n) is 20.3. The number of aromatic nitrogens is 6. The van der Waals surface area contributed by atoms with Crippen molar-refractivity contribution >= 4 is 103 Å². The Morgan fingerprint density at radius 2 is 0.841 bits per heavy atom. The molecule has 2 heterocycles. The Morgan fingerprint density at radius 3 is 1.16 bits per heavy atom. The molecule has 362 valence electrons. The third kappa shape index (κ3) is 13.9. The number of nitrogens with zero attached hydrogens (tertiary/aromatic N) is 8. The predicted molar refractivity (Wildman–Crippen MR) is 252 cm³/mol. The Balaban J connectivity index is 1.31. The molecule has 0 saturated heterocycles. The summed E-state index contributed by atoms with van der Waals surface area (Å²) >= 11 is 0. The summed E-state index contributed by atoms with van der Waals surface area (Å²) in [6.45, 7) is -1.27. The second kappa shape index (κ2) is 22.8. The molecule has 0 radical (unpaired) electrons. The molecule has 0 atom stereocenters. The van der Waals surface area contributed by atoms with Gasteiger partial charge in [-0.25, -0.2) is 4.79 Å². The lowest BCUT2D eigenvalue weighted by molar-refractivity contribution is 0.0696. The van der Waals surface area contributed by atoms with Crippen LogP contribution in [0.2, 0.25) is 0 Å². The zero-order valence-electron chi connectivity index (χ0n) is 35.9. The van der Waals surface area contributed by atoms with Crippen LogP contribution in [0, 0.1) is 0 Å². The lowest BCUT2D eigenvalue weighted by atomic mass is 10.1. The second-order valence-electron chi connectivity index (χ2n) is 14.3. The van der Waals surface area contributed by atoms with Gasteiger partial charge < -0.3 is 56.6 Å². The van der Waals surface area contributed by atoms with Crippen LogP contribution in [0.5, 0.6) is 0 Å². The first-order chi connectivity index (χ1) is 33.0. The van der Waals surface area contributed by atoms with Gasteiger partial charge in [-0.05, 0) is 83.9 Å². The van der Waals surface area contributed by atoms with Crippen molar-refractivity contribution in [2.24, 2.45) is 0 Å². The standard InChI is InChI=1S/C42H44N12O13S2/c55-19-15-53(16-20-56)41-49-37(43-30-9-1-26(25-59)2-10-30)47-39(51-41)45-32-13-5-27(34(23-32)68(62,63)64)3-4-28-6-14-33(24-35(28)69(65,66)67)46-40-48-38(44-31-11-7-29(8-12-31)36(60)61)50-42(52-40)54(17-21-57)18-22-58/h1-14,23-25,55-58H,15-22H2,(H,60,61)(H,62,63,64)(H,65,66,67)(H2,43,45,47,49,51)(H2,44,46,48,50,52)/b4-3+. The number of rotatable bonds is 24. The van der Waals surface area contributed by atoms with E-state index in [4.69, 9.17) is 0 Å². The lowest BCUT2D eigenvalue weighted by Gasteiger charge is -2.21. The molecule has 0 aliphatic carbocycles. The van der Waals surface area contributed by atoms with Crippen molar-refractivity contribution in [3.05, 3.63) is 107 Å². The number of aldehydes is 1. The normalized spacial score (nSPS) is 11.6. The van der Waals surface area contributed by atoms with Crippen molar-refractivity contribution in [2.75, 3.05) is 83.7 Å². The van der Waals surface area contributed by atoms with Gasteiger partial charge >= 0.3 is 5.97 Å². The van der Waals surface area contributed by atoms with E-state index >= 15 is 0 Å². The molecule has 0 aliphatic rings. The number of benzene rings is 4. The molecule has 0 aliphatic heterocycles. The highest BCUT2D eigenvalue weighted by Crippen LogP contribution is 2.29. The van der Waals surface area contributed by atoms with Crippen LogP contribution in [0.3, 0.4) is 0 Å². The number of aromatic carboxylic acids is 1. The number of nitrogens with one attached hydrogen (secondary N) is 4. The zero-order chi connectivity index (χ0) is 49.7. The molecule has 0 bridgehead atoms. The van der Waals surface area contributed by atoms with Crippen molar-refractivity contribution in [1.82, 2.24) is 29.9 Å². The number of carboxylic acid groups (broad SMARTS) is 1. The van der Waals surface area contributed by atoms with Crippen molar-refractivity contribution in [2.45, 2.75) is 9.79 Å². The third-order valence-electron chi connectivity index (χ3n) is 9.52. The monoisotopic (exact) mass is 988 g/mol. The van der Waals surface area contributed by atoms with E-state index in [1.807, 2.05) is 0 Å². The number of aliphatic hydroxyl groups excluding tert-OH is 4. The Morgan fingerprint density at radius 1 is 0.507 bits per heavy atom. The van der Waals surface area contributed by atoms with Crippen molar-refractivity contribution in [3.63, 3.8) is 0 Å². The summed E-state index contributed by atoms with van der Waals surface area (Å²) in [4.78, 5) is 50.2. The summed E-state index contributed by atoms with van der Waals surface area (Å²) in [6, 6.07) is 19.4. The van der Waals surface area contributed by atoms with Crippen LogP contribution in [0.4, 0.5) is 58.4 Å². The Hall–Kier alpha value is -7.76. The maximum Gasteiger partial charge on any atom is 0.335 e. The van der Waals surface area contributed by atoms with Gasteiger partial charge in [0, 0.05) is 54.5 Å². The topological polar surface area (TPSA) is 376 Å². The van der Waals surface area contributed by atoms with Crippen LogP contribution in [-0.2, 0) is 20.2 Å². The summed E-state index contributed by atoms with van der Waals surface area (Å²) in [5.74, 6) is -1.54. The van der Waals surface area contributed by atoms with E-state index in [-0.39, 0.29) is 116 Å². The molecule has 4 aromatic carbocycles. The maximum absolute atomic E-state index is 12.8. The number of hydrogen-bond acceptors (Lipinski definition) is 22.